The third-order valence-corrected chi connectivity index (χ3v) is 3.12. The number of benzene rings is 1. The molecule has 26 heavy (non-hydrogen) atoms. The zero-order valence-electron chi connectivity index (χ0n) is 14.0. The van der Waals surface area contributed by atoms with Gasteiger partial charge in [-0.3, -0.25) is 23.9 Å². The molecule has 1 heterocycles. The van der Waals surface area contributed by atoms with Crippen LogP contribution in [-0.4, -0.2) is 34.5 Å². The van der Waals surface area contributed by atoms with Crippen LogP contribution in [-0.2, 0) is 21.0 Å². The number of Topliss-reactive ketones (excluding diaryl/α,β-unsaturated/α-hetero) is 1. The fraction of sp³-hybridized carbons (Fsp3) is 0.222. The maximum atomic E-state index is 12.0. The van der Waals surface area contributed by atoms with E-state index in [0.717, 1.165) is 4.57 Å². The number of carbonyl (C=O) groups is 2. The number of ether oxygens (including phenoxy) is 2. The van der Waals surface area contributed by atoms with Crippen LogP contribution in [0.5, 0.6) is 0 Å². The Balaban J connectivity index is 2.09. The maximum absolute atomic E-state index is 12.0. The van der Waals surface area contributed by atoms with Crippen LogP contribution in [0.4, 0.5) is 0 Å². The molecule has 1 aromatic carbocycles. The largest absolute Gasteiger partial charge is 0.463 e. The standard InChI is InChI=1S/C18H16N2O6/c1-13(21)26-10-9-25-12-20-11-15(17(23)19-18(20)24)7-8-16(22)14-5-3-2-4-6-14/h2-6,11H,9-10,12H2,1H3,(H,19,23,24). The van der Waals surface area contributed by atoms with Crippen LogP contribution in [0, 0.1) is 11.8 Å². The molecule has 0 fully saturated rings. The number of aromatic nitrogens is 2. The minimum Gasteiger partial charge on any atom is -0.463 e. The number of aromatic amines is 1. The lowest BCUT2D eigenvalue weighted by Gasteiger charge is -2.07. The van der Waals surface area contributed by atoms with Gasteiger partial charge in [-0.15, -0.1) is 0 Å². The minimum absolute atomic E-state index is 0.0440. The zero-order chi connectivity index (χ0) is 18.9. The highest BCUT2D eigenvalue weighted by atomic mass is 16.6. The number of esters is 1. The third kappa shape index (κ3) is 5.58. The molecule has 0 aliphatic heterocycles. The number of hydrogen-bond acceptors (Lipinski definition) is 6. The van der Waals surface area contributed by atoms with Gasteiger partial charge in [0.15, 0.2) is 0 Å². The van der Waals surface area contributed by atoms with Crippen molar-refractivity contribution in [3.63, 3.8) is 0 Å². The monoisotopic (exact) mass is 356 g/mol. The van der Waals surface area contributed by atoms with Crippen molar-refractivity contribution in [1.29, 1.82) is 0 Å². The molecule has 0 radical (unpaired) electrons. The Morgan fingerprint density at radius 1 is 1.15 bits per heavy atom. The van der Waals surface area contributed by atoms with Crippen LogP contribution < -0.4 is 11.2 Å². The molecule has 134 valence electrons. The van der Waals surface area contributed by atoms with Crippen molar-refractivity contribution < 1.29 is 19.1 Å². The molecule has 8 heteroatoms. The summed E-state index contributed by atoms with van der Waals surface area (Å²) in [6, 6.07) is 8.40. The number of nitrogens with zero attached hydrogens (tertiary/aromatic N) is 1. The molecule has 0 atom stereocenters. The topological polar surface area (TPSA) is 107 Å². The summed E-state index contributed by atoms with van der Waals surface area (Å²) in [7, 11) is 0. The highest BCUT2D eigenvalue weighted by Crippen LogP contribution is 1.99. The van der Waals surface area contributed by atoms with Crippen LogP contribution >= 0.6 is 0 Å². The Bertz CT molecular complexity index is 963. The van der Waals surface area contributed by atoms with E-state index in [1.54, 1.807) is 30.3 Å². The molecule has 0 unspecified atom stereocenters. The lowest BCUT2D eigenvalue weighted by atomic mass is 10.1. The molecule has 0 aliphatic rings. The summed E-state index contributed by atoms with van der Waals surface area (Å²) in [5.74, 6) is 3.96. The van der Waals surface area contributed by atoms with Crippen molar-refractivity contribution in [1.82, 2.24) is 9.55 Å². The van der Waals surface area contributed by atoms with Crippen LogP contribution in [0.25, 0.3) is 0 Å². The molecular weight excluding hydrogens is 340 g/mol. The van der Waals surface area contributed by atoms with Gasteiger partial charge in [0.25, 0.3) is 5.56 Å². The van der Waals surface area contributed by atoms with Gasteiger partial charge in [-0.05, 0) is 5.92 Å². The van der Waals surface area contributed by atoms with Crippen molar-refractivity contribution in [2.45, 2.75) is 13.7 Å². The van der Waals surface area contributed by atoms with Gasteiger partial charge in [0.1, 0.15) is 18.9 Å². The average Bonchev–Trinajstić information content (AvgIpc) is 2.62. The average molecular weight is 356 g/mol. The summed E-state index contributed by atoms with van der Waals surface area (Å²) in [4.78, 5) is 48.3. The van der Waals surface area contributed by atoms with Crippen molar-refractivity contribution in [3.8, 4) is 11.8 Å². The van der Waals surface area contributed by atoms with Gasteiger partial charge >= 0.3 is 11.7 Å². The Labute approximate surface area is 148 Å². The fourth-order valence-electron chi connectivity index (χ4n) is 1.89. The predicted octanol–water partition coefficient (Wildman–Crippen LogP) is 0.308. The third-order valence-electron chi connectivity index (χ3n) is 3.12. The van der Waals surface area contributed by atoms with E-state index in [1.807, 2.05) is 0 Å². The van der Waals surface area contributed by atoms with Gasteiger partial charge in [0.05, 0.1) is 6.61 Å². The molecule has 1 aromatic heterocycles. The molecule has 0 bridgehead atoms. The molecule has 2 aromatic rings. The summed E-state index contributed by atoms with van der Waals surface area (Å²) in [6.45, 7) is 1.23. The molecule has 0 saturated carbocycles. The molecule has 2 rings (SSSR count). The van der Waals surface area contributed by atoms with Gasteiger partial charge in [-0.25, -0.2) is 4.79 Å². The van der Waals surface area contributed by atoms with E-state index in [-0.39, 0.29) is 25.5 Å². The first-order chi connectivity index (χ1) is 12.5. The molecule has 8 nitrogen and oxygen atoms in total. The number of H-pyrrole nitrogens is 1. The molecule has 1 N–H and O–H groups in total. The first-order valence-electron chi connectivity index (χ1n) is 7.63. The Kier molecular flexibility index (Phi) is 6.65. The summed E-state index contributed by atoms with van der Waals surface area (Å²) >= 11 is 0. The summed E-state index contributed by atoms with van der Waals surface area (Å²) in [6.07, 6.45) is 1.21. The van der Waals surface area contributed by atoms with Crippen molar-refractivity contribution in [3.05, 3.63) is 68.5 Å². The minimum atomic E-state index is -0.695. The van der Waals surface area contributed by atoms with E-state index in [9.17, 15) is 19.2 Å². The number of nitrogens with one attached hydrogen (secondary N) is 1. The predicted molar refractivity (Wildman–Crippen MR) is 91.6 cm³/mol. The van der Waals surface area contributed by atoms with Gasteiger partial charge < -0.3 is 9.47 Å². The number of rotatable bonds is 6. The van der Waals surface area contributed by atoms with Crippen LogP contribution in [0.3, 0.4) is 0 Å². The molecule has 0 spiro atoms. The second-order valence-electron chi connectivity index (χ2n) is 5.09. The highest BCUT2D eigenvalue weighted by molar-refractivity contribution is 6.09. The molecule has 0 aliphatic carbocycles. The quantitative estimate of drug-likeness (QED) is 0.345. The van der Waals surface area contributed by atoms with Gasteiger partial charge in [0, 0.05) is 18.7 Å². The van der Waals surface area contributed by atoms with E-state index >= 15 is 0 Å². The smallest absolute Gasteiger partial charge is 0.330 e. The Morgan fingerprint density at radius 2 is 1.88 bits per heavy atom. The maximum Gasteiger partial charge on any atom is 0.330 e. The summed E-state index contributed by atoms with van der Waals surface area (Å²) in [5, 5.41) is 0. The lowest BCUT2D eigenvalue weighted by Crippen LogP contribution is -2.32. The second kappa shape index (κ2) is 9.15. The van der Waals surface area contributed by atoms with Crippen molar-refractivity contribution in [2.24, 2.45) is 0 Å². The van der Waals surface area contributed by atoms with Crippen LogP contribution in [0.1, 0.15) is 22.8 Å². The summed E-state index contributed by atoms with van der Waals surface area (Å²) in [5.41, 5.74) is -1.02. The number of ketones is 1. The van der Waals surface area contributed by atoms with Gasteiger partial charge in [0.2, 0.25) is 5.78 Å². The lowest BCUT2D eigenvalue weighted by molar-refractivity contribution is -0.142. The van der Waals surface area contributed by atoms with Crippen LogP contribution in [0.2, 0.25) is 0 Å². The van der Waals surface area contributed by atoms with E-state index in [0.29, 0.717) is 5.56 Å². The number of carbonyl (C=O) groups excluding carboxylic acids is 2. The van der Waals surface area contributed by atoms with Crippen LogP contribution in [0.15, 0.2) is 46.1 Å². The summed E-state index contributed by atoms with van der Waals surface area (Å²) < 4.78 is 11.0. The molecule has 0 saturated heterocycles. The van der Waals surface area contributed by atoms with Crippen molar-refractivity contribution >= 4 is 11.8 Å². The highest BCUT2D eigenvalue weighted by Gasteiger charge is 2.04. The van der Waals surface area contributed by atoms with E-state index in [1.165, 1.54) is 13.1 Å². The fourth-order valence-corrected chi connectivity index (χ4v) is 1.89. The second-order valence-corrected chi connectivity index (χ2v) is 5.09. The zero-order valence-corrected chi connectivity index (χ0v) is 14.0. The SMILES string of the molecule is CC(=O)OCCOCn1cc(C#CC(=O)c2ccccc2)c(=O)[nH]c1=O. The molecular formula is C18H16N2O6. The van der Waals surface area contributed by atoms with E-state index in [2.05, 4.69) is 16.8 Å². The Hall–Kier alpha value is -3.44. The van der Waals surface area contributed by atoms with Gasteiger partial charge in [-0.1, -0.05) is 36.3 Å². The normalized spacial score (nSPS) is 9.88. The van der Waals surface area contributed by atoms with Gasteiger partial charge in [-0.2, -0.15) is 0 Å². The molecule has 0 amide bonds. The first-order valence-corrected chi connectivity index (χ1v) is 7.63. The first kappa shape index (κ1) is 18.9. The Morgan fingerprint density at radius 3 is 2.58 bits per heavy atom. The van der Waals surface area contributed by atoms with Crippen molar-refractivity contribution in [2.75, 3.05) is 13.2 Å². The van der Waals surface area contributed by atoms with E-state index in [4.69, 9.17) is 9.47 Å². The number of hydrogen-bond donors (Lipinski definition) is 1. The van der Waals surface area contributed by atoms with E-state index < -0.39 is 23.0 Å².